The Morgan fingerprint density at radius 1 is 1.14 bits per heavy atom. The minimum absolute atomic E-state index is 0.104. The van der Waals surface area contributed by atoms with Crippen molar-refractivity contribution in [1.29, 1.82) is 0 Å². The molecule has 3 rings (SSSR count). The van der Waals surface area contributed by atoms with Crippen molar-refractivity contribution in [1.82, 2.24) is 14.7 Å². The highest BCUT2D eigenvalue weighted by molar-refractivity contribution is 5.81. The standard InChI is InChI=1S/C23H38N4O/c1-18(24)23(28)27(12-6-11-25(2)3)17-19-9-13-26(14-10-19)22-15-20-7-4-5-8-21(20)16-22/h4-5,7-8,18-19,22H,6,9-17,24H2,1-3H3/t18-/m1/s1. The zero-order chi connectivity index (χ0) is 20.1. The summed E-state index contributed by atoms with van der Waals surface area (Å²) in [6.07, 6.45) is 5.76. The zero-order valence-electron chi connectivity index (χ0n) is 17.9. The number of carbonyl (C=O) groups is 1. The molecular weight excluding hydrogens is 348 g/mol. The number of likely N-dealkylation sites (tertiary alicyclic amines) is 1. The molecule has 0 spiro atoms. The quantitative estimate of drug-likeness (QED) is 0.742. The van der Waals surface area contributed by atoms with Gasteiger partial charge in [-0.3, -0.25) is 9.69 Å². The number of benzene rings is 1. The van der Waals surface area contributed by atoms with Gasteiger partial charge in [-0.2, -0.15) is 0 Å². The van der Waals surface area contributed by atoms with Crippen molar-refractivity contribution in [2.45, 2.75) is 51.1 Å². The Morgan fingerprint density at radius 2 is 1.75 bits per heavy atom. The smallest absolute Gasteiger partial charge is 0.239 e. The zero-order valence-corrected chi connectivity index (χ0v) is 17.9. The summed E-state index contributed by atoms with van der Waals surface area (Å²) in [5.41, 5.74) is 8.97. The maximum absolute atomic E-state index is 12.6. The Balaban J connectivity index is 1.48. The molecule has 0 bridgehead atoms. The molecule has 0 radical (unpaired) electrons. The van der Waals surface area contributed by atoms with Gasteiger partial charge in [-0.05, 0) is 89.8 Å². The van der Waals surface area contributed by atoms with Crippen molar-refractivity contribution in [2.24, 2.45) is 11.7 Å². The minimum Gasteiger partial charge on any atom is -0.341 e. The van der Waals surface area contributed by atoms with Gasteiger partial charge in [0.25, 0.3) is 0 Å². The Kier molecular flexibility index (Phi) is 7.49. The van der Waals surface area contributed by atoms with E-state index in [9.17, 15) is 4.79 Å². The summed E-state index contributed by atoms with van der Waals surface area (Å²) in [5, 5.41) is 0. The van der Waals surface area contributed by atoms with Crippen molar-refractivity contribution in [3.8, 4) is 0 Å². The van der Waals surface area contributed by atoms with Crippen LogP contribution in [0.1, 0.15) is 37.3 Å². The normalized spacial score (nSPS) is 19.8. The SMILES string of the molecule is C[C@@H](N)C(=O)N(CCCN(C)C)CC1CCN(C2Cc3ccccc3C2)CC1. The number of hydrogen-bond acceptors (Lipinski definition) is 4. The van der Waals surface area contributed by atoms with E-state index in [1.165, 1.54) is 36.8 Å². The molecule has 1 atom stereocenters. The fourth-order valence-corrected chi connectivity index (χ4v) is 4.76. The maximum Gasteiger partial charge on any atom is 0.239 e. The first-order valence-electron chi connectivity index (χ1n) is 10.9. The summed E-state index contributed by atoms with van der Waals surface area (Å²) in [6, 6.07) is 9.15. The second kappa shape index (κ2) is 9.86. The molecular formula is C23H38N4O. The van der Waals surface area contributed by atoms with Crippen molar-refractivity contribution in [2.75, 3.05) is 46.8 Å². The highest BCUT2D eigenvalue weighted by Crippen LogP contribution is 2.29. The lowest BCUT2D eigenvalue weighted by Gasteiger charge is -2.38. The van der Waals surface area contributed by atoms with Crippen molar-refractivity contribution in [3.05, 3.63) is 35.4 Å². The Morgan fingerprint density at radius 3 is 2.29 bits per heavy atom. The van der Waals surface area contributed by atoms with Gasteiger partial charge in [0, 0.05) is 19.1 Å². The predicted octanol–water partition coefficient (Wildman–Crippen LogP) is 1.99. The largest absolute Gasteiger partial charge is 0.341 e. The molecule has 5 nitrogen and oxygen atoms in total. The van der Waals surface area contributed by atoms with Crippen molar-refractivity contribution in [3.63, 3.8) is 0 Å². The first-order chi connectivity index (χ1) is 13.4. The molecule has 1 heterocycles. The molecule has 0 unspecified atom stereocenters. The Hall–Kier alpha value is -1.43. The van der Waals surface area contributed by atoms with Crippen LogP contribution in [0.25, 0.3) is 0 Å². The summed E-state index contributed by atoms with van der Waals surface area (Å²) in [5.74, 6) is 0.703. The van der Waals surface area contributed by atoms with Gasteiger partial charge < -0.3 is 15.5 Å². The average molecular weight is 387 g/mol. The third-order valence-corrected chi connectivity index (χ3v) is 6.41. The van der Waals surface area contributed by atoms with Crippen LogP contribution in [0.5, 0.6) is 0 Å². The molecule has 1 amide bonds. The van der Waals surface area contributed by atoms with Gasteiger partial charge >= 0.3 is 0 Å². The fraction of sp³-hybridized carbons (Fsp3) is 0.696. The average Bonchev–Trinajstić information content (AvgIpc) is 3.11. The van der Waals surface area contributed by atoms with Crippen LogP contribution >= 0.6 is 0 Å². The first-order valence-corrected chi connectivity index (χ1v) is 10.9. The van der Waals surface area contributed by atoms with Crippen LogP contribution in [0.15, 0.2) is 24.3 Å². The summed E-state index contributed by atoms with van der Waals surface area (Å²) in [7, 11) is 4.16. The van der Waals surface area contributed by atoms with E-state index < -0.39 is 6.04 Å². The number of rotatable bonds is 8. The van der Waals surface area contributed by atoms with Gasteiger partial charge in [0.1, 0.15) is 0 Å². The van der Waals surface area contributed by atoms with E-state index in [2.05, 4.69) is 48.2 Å². The molecule has 0 aromatic heterocycles. The van der Waals surface area contributed by atoms with Gasteiger partial charge in [0.2, 0.25) is 5.91 Å². The number of fused-ring (bicyclic) bond motifs is 1. The minimum atomic E-state index is -0.406. The van der Waals surface area contributed by atoms with E-state index in [0.717, 1.165) is 39.1 Å². The lowest BCUT2D eigenvalue weighted by Crippen LogP contribution is -2.48. The molecule has 1 aromatic carbocycles. The summed E-state index contributed by atoms with van der Waals surface area (Å²) >= 11 is 0. The van der Waals surface area contributed by atoms with E-state index in [4.69, 9.17) is 5.73 Å². The molecule has 1 saturated heterocycles. The van der Waals surface area contributed by atoms with Crippen LogP contribution in [0.4, 0.5) is 0 Å². The third-order valence-electron chi connectivity index (χ3n) is 6.41. The molecule has 2 aliphatic rings. The van der Waals surface area contributed by atoms with E-state index >= 15 is 0 Å². The second-order valence-electron chi connectivity index (χ2n) is 9.04. The highest BCUT2D eigenvalue weighted by atomic mass is 16.2. The number of piperidine rings is 1. The van der Waals surface area contributed by atoms with Crippen LogP contribution in [-0.4, -0.2) is 79.5 Å². The van der Waals surface area contributed by atoms with Gasteiger partial charge in [-0.25, -0.2) is 0 Å². The number of carbonyl (C=O) groups excluding carboxylic acids is 1. The van der Waals surface area contributed by atoms with Gasteiger partial charge in [-0.15, -0.1) is 0 Å². The molecule has 1 aliphatic carbocycles. The van der Waals surface area contributed by atoms with Crippen LogP contribution in [-0.2, 0) is 17.6 Å². The van der Waals surface area contributed by atoms with Gasteiger partial charge in [-0.1, -0.05) is 24.3 Å². The van der Waals surface area contributed by atoms with Gasteiger partial charge in [0.05, 0.1) is 6.04 Å². The van der Waals surface area contributed by atoms with E-state index in [-0.39, 0.29) is 5.91 Å². The van der Waals surface area contributed by atoms with Crippen molar-refractivity contribution < 1.29 is 4.79 Å². The van der Waals surface area contributed by atoms with Crippen LogP contribution in [0.3, 0.4) is 0 Å². The van der Waals surface area contributed by atoms with E-state index in [0.29, 0.717) is 12.0 Å². The molecule has 28 heavy (non-hydrogen) atoms. The monoisotopic (exact) mass is 386 g/mol. The third kappa shape index (κ3) is 5.56. The Bertz CT molecular complexity index is 612. The molecule has 5 heteroatoms. The highest BCUT2D eigenvalue weighted by Gasteiger charge is 2.31. The van der Waals surface area contributed by atoms with Crippen LogP contribution in [0, 0.1) is 5.92 Å². The summed E-state index contributed by atoms with van der Waals surface area (Å²) in [4.78, 5) is 19.5. The molecule has 0 saturated carbocycles. The predicted molar refractivity (Wildman–Crippen MR) is 115 cm³/mol. The Labute approximate surface area is 170 Å². The lowest BCUT2D eigenvalue weighted by atomic mass is 9.94. The first kappa shape index (κ1) is 21.3. The summed E-state index contributed by atoms with van der Waals surface area (Å²) < 4.78 is 0. The van der Waals surface area contributed by atoms with E-state index in [1.54, 1.807) is 0 Å². The van der Waals surface area contributed by atoms with Crippen molar-refractivity contribution >= 4 is 5.91 Å². The lowest BCUT2D eigenvalue weighted by molar-refractivity contribution is -0.133. The number of hydrogen-bond donors (Lipinski definition) is 1. The van der Waals surface area contributed by atoms with Gasteiger partial charge in [0.15, 0.2) is 0 Å². The fourth-order valence-electron chi connectivity index (χ4n) is 4.76. The molecule has 1 fully saturated rings. The maximum atomic E-state index is 12.6. The number of amides is 1. The molecule has 2 N–H and O–H groups in total. The topological polar surface area (TPSA) is 52.8 Å². The molecule has 1 aliphatic heterocycles. The van der Waals surface area contributed by atoms with Crippen LogP contribution in [0.2, 0.25) is 0 Å². The number of nitrogens with zero attached hydrogens (tertiary/aromatic N) is 3. The summed E-state index contributed by atoms with van der Waals surface area (Å²) in [6.45, 7) is 6.80. The van der Waals surface area contributed by atoms with Crippen LogP contribution < -0.4 is 5.73 Å². The second-order valence-corrected chi connectivity index (χ2v) is 9.04. The number of nitrogens with two attached hydrogens (primary N) is 1. The van der Waals surface area contributed by atoms with E-state index in [1.807, 2.05) is 11.8 Å². The molecule has 156 valence electrons. The molecule has 1 aromatic rings.